The van der Waals surface area contributed by atoms with Gasteiger partial charge in [-0.2, -0.15) is 0 Å². The molecule has 24 heavy (non-hydrogen) atoms. The number of rotatable bonds is 2. The van der Waals surface area contributed by atoms with E-state index in [0.717, 1.165) is 26.2 Å². The number of nitro groups is 1. The second kappa shape index (κ2) is 8.29. The SMILES string of the molecule is CC(C)(C)OC(=O)O.Nc1nc(N2CCNCC2)ccc1[N+](=O)[O-]. The number of nitrogens with one attached hydrogen (secondary N) is 1. The van der Waals surface area contributed by atoms with E-state index in [1.807, 2.05) is 0 Å². The van der Waals surface area contributed by atoms with Crippen LogP contribution in [-0.2, 0) is 4.74 Å². The Morgan fingerprint density at radius 3 is 2.38 bits per heavy atom. The smallest absolute Gasteiger partial charge is 0.450 e. The van der Waals surface area contributed by atoms with Crippen LogP contribution in [0.5, 0.6) is 0 Å². The van der Waals surface area contributed by atoms with E-state index in [1.165, 1.54) is 6.07 Å². The quantitative estimate of drug-likeness (QED) is 0.413. The maximum atomic E-state index is 10.6. The van der Waals surface area contributed by atoms with Crippen molar-refractivity contribution in [2.24, 2.45) is 0 Å². The first-order valence-electron chi connectivity index (χ1n) is 7.38. The molecule has 10 heteroatoms. The molecule has 0 unspecified atom stereocenters. The summed E-state index contributed by atoms with van der Waals surface area (Å²) in [4.78, 5) is 25.9. The van der Waals surface area contributed by atoms with Gasteiger partial charge in [0.2, 0.25) is 5.82 Å². The van der Waals surface area contributed by atoms with Crippen LogP contribution in [-0.4, -0.2) is 52.9 Å². The summed E-state index contributed by atoms with van der Waals surface area (Å²) in [6, 6.07) is 3.04. The number of piperazine rings is 1. The van der Waals surface area contributed by atoms with E-state index in [2.05, 4.69) is 19.9 Å². The van der Waals surface area contributed by atoms with Crippen molar-refractivity contribution in [1.82, 2.24) is 10.3 Å². The van der Waals surface area contributed by atoms with E-state index in [0.29, 0.717) is 5.82 Å². The number of nitrogen functional groups attached to an aromatic ring is 1. The summed E-state index contributed by atoms with van der Waals surface area (Å²) in [5.41, 5.74) is 4.82. The number of nitrogens with zero attached hydrogens (tertiary/aromatic N) is 3. The van der Waals surface area contributed by atoms with Crippen molar-refractivity contribution in [1.29, 1.82) is 0 Å². The van der Waals surface area contributed by atoms with Gasteiger partial charge in [-0.1, -0.05) is 0 Å². The van der Waals surface area contributed by atoms with Crippen molar-refractivity contribution in [3.63, 3.8) is 0 Å². The minimum atomic E-state index is -1.22. The van der Waals surface area contributed by atoms with Gasteiger partial charge in [-0.25, -0.2) is 9.78 Å². The lowest BCUT2D eigenvalue weighted by atomic mass is 10.2. The van der Waals surface area contributed by atoms with Crippen LogP contribution >= 0.6 is 0 Å². The first-order chi connectivity index (χ1) is 11.1. The first-order valence-corrected chi connectivity index (χ1v) is 7.38. The molecular formula is C14H23N5O5. The van der Waals surface area contributed by atoms with E-state index < -0.39 is 16.7 Å². The number of carboxylic acid groups (broad SMARTS) is 1. The Labute approximate surface area is 139 Å². The van der Waals surface area contributed by atoms with Crippen LogP contribution in [0.1, 0.15) is 20.8 Å². The highest BCUT2D eigenvalue weighted by atomic mass is 16.7. The predicted molar refractivity (Wildman–Crippen MR) is 89.2 cm³/mol. The molecular weight excluding hydrogens is 318 g/mol. The van der Waals surface area contributed by atoms with Gasteiger partial charge in [0.1, 0.15) is 11.4 Å². The van der Waals surface area contributed by atoms with E-state index in [1.54, 1.807) is 26.8 Å². The molecule has 1 saturated heterocycles. The minimum Gasteiger partial charge on any atom is -0.450 e. The number of anilines is 2. The van der Waals surface area contributed by atoms with Gasteiger partial charge >= 0.3 is 11.8 Å². The molecule has 1 aliphatic rings. The zero-order valence-corrected chi connectivity index (χ0v) is 14.0. The van der Waals surface area contributed by atoms with E-state index in [-0.39, 0.29) is 11.5 Å². The van der Waals surface area contributed by atoms with Gasteiger partial charge in [0.15, 0.2) is 0 Å². The summed E-state index contributed by atoms with van der Waals surface area (Å²) in [5.74, 6) is 0.672. The van der Waals surface area contributed by atoms with Gasteiger partial charge < -0.3 is 25.8 Å². The fourth-order valence-corrected chi connectivity index (χ4v) is 1.94. The Kier molecular flexibility index (Phi) is 6.71. The first kappa shape index (κ1) is 19.4. The molecule has 0 atom stereocenters. The third-order valence-corrected chi connectivity index (χ3v) is 2.92. The lowest BCUT2D eigenvalue weighted by Crippen LogP contribution is -2.43. The van der Waals surface area contributed by atoms with Crippen LogP contribution in [0.25, 0.3) is 0 Å². The van der Waals surface area contributed by atoms with Crippen LogP contribution < -0.4 is 16.0 Å². The van der Waals surface area contributed by atoms with Crippen LogP contribution in [0.2, 0.25) is 0 Å². The van der Waals surface area contributed by atoms with Crippen LogP contribution in [0, 0.1) is 10.1 Å². The number of hydrogen-bond acceptors (Lipinski definition) is 8. The minimum absolute atomic E-state index is 0.0268. The number of aromatic nitrogens is 1. The van der Waals surface area contributed by atoms with Gasteiger partial charge in [0, 0.05) is 32.2 Å². The third-order valence-electron chi connectivity index (χ3n) is 2.92. The third kappa shape index (κ3) is 6.65. The molecule has 10 nitrogen and oxygen atoms in total. The molecule has 2 heterocycles. The molecule has 1 aromatic rings. The number of carbonyl (C=O) groups is 1. The highest BCUT2D eigenvalue weighted by molar-refractivity contribution is 5.58. The average Bonchev–Trinajstić information content (AvgIpc) is 2.45. The maximum Gasteiger partial charge on any atom is 0.506 e. The Hall–Kier alpha value is -2.62. The molecule has 0 radical (unpaired) electrons. The van der Waals surface area contributed by atoms with E-state index >= 15 is 0 Å². The molecule has 2 rings (SSSR count). The molecule has 0 saturated carbocycles. The molecule has 0 bridgehead atoms. The summed E-state index contributed by atoms with van der Waals surface area (Å²) < 4.78 is 4.35. The largest absolute Gasteiger partial charge is 0.506 e. The molecule has 4 N–H and O–H groups in total. The Morgan fingerprint density at radius 2 is 2.00 bits per heavy atom. The molecule has 0 aliphatic carbocycles. The molecule has 0 aromatic carbocycles. The van der Waals surface area contributed by atoms with Gasteiger partial charge in [0.05, 0.1) is 4.92 Å². The lowest BCUT2D eigenvalue weighted by Gasteiger charge is -2.28. The lowest BCUT2D eigenvalue weighted by molar-refractivity contribution is -0.384. The van der Waals surface area contributed by atoms with E-state index in [9.17, 15) is 14.9 Å². The van der Waals surface area contributed by atoms with Gasteiger partial charge in [0.25, 0.3) is 0 Å². The second-order valence-corrected chi connectivity index (χ2v) is 6.05. The molecule has 134 valence electrons. The van der Waals surface area contributed by atoms with Crippen molar-refractivity contribution >= 4 is 23.5 Å². The van der Waals surface area contributed by atoms with Crippen LogP contribution in [0.15, 0.2) is 12.1 Å². The fraction of sp³-hybridized carbons (Fsp3) is 0.571. The second-order valence-electron chi connectivity index (χ2n) is 6.05. The number of pyridine rings is 1. The molecule has 0 spiro atoms. The fourth-order valence-electron chi connectivity index (χ4n) is 1.94. The summed E-state index contributed by atoms with van der Waals surface area (Å²) in [6.07, 6.45) is -1.22. The molecule has 1 fully saturated rings. The normalized spacial score (nSPS) is 14.4. The van der Waals surface area contributed by atoms with Crippen molar-refractivity contribution in [2.75, 3.05) is 36.8 Å². The predicted octanol–water partition coefficient (Wildman–Crippen LogP) is 1.46. The average molecular weight is 341 g/mol. The number of nitrogens with two attached hydrogens (primary N) is 1. The highest BCUT2D eigenvalue weighted by Gasteiger charge is 2.17. The zero-order chi connectivity index (χ0) is 18.3. The van der Waals surface area contributed by atoms with Crippen LogP contribution in [0.4, 0.5) is 22.1 Å². The van der Waals surface area contributed by atoms with Gasteiger partial charge in [-0.05, 0) is 26.8 Å². The molecule has 1 aliphatic heterocycles. The van der Waals surface area contributed by atoms with Crippen LogP contribution in [0.3, 0.4) is 0 Å². The maximum absolute atomic E-state index is 10.6. The summed E-state index contributed by atoms with van der Waals surface area (Å²) in [6.45, 7) is 8.50. The number of ether oxygens (including phenoxy) is 1. The number of hydrogen-bond donors (Lipinski definition) is 3. The van der Waals surface area contributed by atoms with Crippen molar-refractivity contribution < 1.29 is 19.6 Å². The monoisotopic (exact) mass is 341 g/mol. The Bertz CT molecular complexity index is 581. The van der Waals surface area contributed by atoms with Gasteiger partial charge in [-0.15, -0.1) is 0 Å². The summed E-state index contributed by atoms with van der Waals surface area (Å²) in [7, 11) is 0. The van der Waals surface area contributed by atoms with Crippen molar-refractivity contribution in [3.05, 3.63) is 22.2 Å². The molecule has 0 amide bonds. The molecule has 1 aromatic heterocycles. The Balaban J connectivity index is 0.000000307. The summed E-state index contributed by atoms with van der Waals surface area (Å²) in [5, 5.41) is 21.8. The summed E-state index contributed by atoms with van der Waals surface area (Å²) >= 11 is 0. The zero-order valence-electron chi connectivity index (χ0n) is 14.0. The Morgan fingerprint density at radius 1 is 1.42 bits per heavy atom. The van der Waals surface area contributed by atoms with Crippen molar-refractivity contribution in [3.8, 4) is 0 Å². The standard InChI is InChI=1S/C9H13N5O2.C5H10O3/c10-9-7(14(15)16)1-2-8(12-9)13-5-3-11-4-6-13;1-5(2,3)8-4(6)7/h1-2,11H,3-6H2,(H2,10,12);1-3H3,(H,6,7). The van der Waals surface area contributed by atoms with E-state index in [4.69, 9.17) is 10.8 Å². The van der Waals surface area contributed by atoms with Gasteiger partial charge in [-0.3, -0.25) is 10.1 Å². The van der Waals surface area contributed by atoms with Crippen molar-refractivity contribution in [2.45, 2.75) is 26.4 Å². The topological polar surface area (TPSA) is 144 Å². The highest BCUT2D eigenvalue weighted by Crippen LogP contribution is 2.22.